The molecular formula is C12H25N3O2S. The molecule has 0 aromatic rings. The molecule has 1 heterocycles. The van der Waals surface area contributed by atoms with Crippen LogP contribution in [-0.4, -0.2) is 69.2 Å². The molecule has 1 unspecified atom stereocenters. The number of ether oxygens (including phenoxy) is 2. The highest BCUT2D eigenvalue weighted by Gasteiger charge is 2.09. The molecule has 0 saturated carbocycles. The number of thiocarbonyl (C=S) groups is 1. The van der Waals surface area contributed by atoms with Crippen LogP contribution in [0.3, 0.4) is 0 Å². The summed E-state index contributed by atoms with van der Waals surface area (Å²) < 4.78 is 10.4. The Balaban J connectivity index is 1.97. The highest BCUT2D eigenvalue weighted by molar-refractivity contribution is 7.80. The van der Waals surface area contributed by atoms with Crippen molar-refractivity contribution in [3.05, 3.63) is 0 Å². The van der Waals surface area contributed by atoms with E-state index in [1.54, 1.807) is 7.11 Å². The van der Waals surface area contributed by atoms with E-state index in [-0.39, 0.29) is 6.04 Å². The average Bonchev–Trinajstić information content (AvgIpc) is 2.36. The van der Waals surface area contributed by atoms with Crippen molar-refractivity contribution in [1.29, 1.82) is 0 Å². The normalized spacial score (nSPS) is 18.3. The molecule has 1 saturated heterocycles. The Bertz CT molecular complexity index is 235. The molecule has 0 aliphatic carbocycles. The average molecular weight is 275 g/mol. The van der Waals surface area contributed by atoms with Gasteiger partial charge in [-0.2, -0.15) is 0 Å². The van der Waals surface area contributed by atoms with Crippen LogP contribution in [0.1, 0.15) is 13.3 Å². The standard InChI is InChI=1S/C12H25N3O2S/c1-11(10-16-2)14-12(18)13-4-3-5-15-6-8-17-9-7-15/h11H,3-10H2,1-2H3,(H2,13,14,18). The van der Waals surface area contributed by atoms with Crippen LogP contribution in [0.25, 0.3) is 0 Å². The van der Waals surface area contributed by atoms with Gasteiger partial charge < -0.3 is 20.1 Å². The molecule has 1 atom stereocenters. The first-order chi connectivity index (χ1) is 8.72. The lowest BCUT2D eigenvalue weighted by molar-refractivity contribution is 0.0376. The van der Waals surface area contributed by atoms with Crippen molar-refractivity contribution in [3.63, 3.8) is 0 Å². The summed E-state index contributed by atoms with van der Waals surface area (Å²) in [7, 11) is 1.69. The molecule has 0 radical (unpaired) electrons. The van der Waals surface area contributed by atoms with Gasteiger partial charge in [-0.1, -0.05) is 0 Å². The molecule has 5 nitrogen and oxygen atoms in total. The molecule has 1 fully saturated rings. The Kier molecular flexibility index (Phi) is 8.24. The number of rotatable bonds is 7. The van der Waals surface area contributed by atoms with Crippen molar-refractivity contribution in [2.75, 3.05) is 53.1 Å². The maximum Gasteiger partial charge on any atom is 0.166 e. The van der Waals surface area contributed by atoms with Gasteiger partial charge in [0.25, 0.3) is 0 Å². The predicted molar refractivity (Wildman–Crippen MR) is 77.0 cm³/mol. The summed E-state index contributed by atoms with van der Waals surface area (Å²) in [5.74, 6) is 0. The first kappa shape index (κ1) is 15.6. The number of hydrogen-bond donors (Lipinski definition) is 2. The van der Waals surface area contributed by atoms with Crippen LogP contribution >= 0.6 is 12.2 Å². The molecule has 0 aromatic heterocycles. The van der Waals surface area contributed by atoms with Crippen LogP contribution in [0.15, 0.2) is 0 Å². The fraction of sp³-hybridized carbons (Fsp3) is 0.917. The molecule has 1 aliphatic rings. The van der Waals surface area contributed by atoms with E-state index in [9.17, 15) is 0 Å². The van der Waals surface area contributed by atoms with E-state index in [1.807, 2.05) is 6.92 Å². The minimum absolute atomic E-state index is 0.245. The van der Waals surface area contributed by atoms with E-state index < -0.39 is 0 Å². The molecule has 2 N–H and O–H groups in total. The zero-order valence-corrected chi connectivity index (χ0v) is 12.2. The maximum atomic E-state index is 5.31. The van der Waals surface area contributed by atoms with Gasteiger partial charge in [-0.15, -0.1) is 0 Å². The van der Waals surface area contributed by atoms with Crippen molar-refractivity contribution in [2.45, 2.75) is 19.4 Å². The topological polar surface area (TPSA) is 45.8 Å². The predicted octanol–water partition coefficient (Wildman–Crippen LogP) is 0.208. The van der Waals surface area contributed by atoms with E-state index in [0.29, 0.717) is 11.7 Å². The second kappa shape index (κ2) is 9.49. The van der Waals surface area contributed by atoms with Crippen LogP contribution in [-0.2, 0) is 9.47 Å². The second-order valence-electron chi connectivity index (χ2n) is 4.56. The highest BCUT2D eigenvalue weighted by atomic mass is 32.1. The van der Waals surface area contributed by atoms with Crippen molar-refractivity contribution in [1.82, 2.24) is 15.5 Å². The maximum absolute atomic E-state index is 5.31. The van der Waals surface area contributed by atoms with Crippen molar-refractivity contribution < 1.29 is 9.47 Å². The Morgan fingerprint density at radius 2 is 2.17 bits per heavy atom. The quantitative estimate of drug-likeness (QED) is 0.511. The summed E-state index contributed by atoms with van der Waals surface area (Å²) in [5, 5.41) is 7.11. The lowest BCUT2D eigenvalue weighted by Gasteiger charge is -2.26. The Hall–Kier alpha value is -0.430. The lowest BCUT2D eigenvalue weighted by Crippen LogP contribution is -2.43. The minimum Gasteiger partial charge on any atom is -0.383 e. The third-order valence-corrected chi connectivity index (χ3v) is 3.10. The third-order valence-electron chi connectivity index (χ3n) is 2.83. The van der Waals surface area contributed by atoms with Crippen LogP contribution in [0.4, 0.5) is 0 Å². The summed E-state index contributed by atoms with van der Waals surface area (Å²) in [6.07, 6.45) is 1.10. The van der Waals surface area contributed by atoms with E-state index in [0.717, 1.165) is 45.8 Å². The first-order valence-electron chi connectivity index (χ1n) is 6.55. The number of nitrogens with one attached hydrogen (secondary N) is 2. The van der Waals surface area contributed by atoms with E-state index in [2.05, 4.69) is 15.5 Å². The molecule has 6 heteroatoms. The van der Waals surface area contributed by atoms with Gasteiger partial charge in [0.05, 0.1) is 19.8 Å². The first-order valence-corrected chi connectivity index (χ1v) is 6.96. The monoisotopic (exact) mass is 275 g/mol. The van der Waals surface area contributed by atoms with Crippen LogP contribution in [0.2, 0.25) is 0 Å². The SMILES string of the molecule is COCC(C)NC(=S)NCCCN1CCOCC1. The summed E-state index contributed by atoms with van der Waals surface area (Å²) in [6.45, 7) is 8.54. The molecule has 0 amide bonds. The van der Waals surface area contributed by atoms with Gasteiger partial charge in [0.2, 0.25) is 0 Å². The number of hydrogen-bond acceptors (Lipinski definition) is 4. The van der Waals surface area contributed by atoms with E-state index in [4.69, 9.17) is 21.7 Å². The molecule has 1 aliphatic heterocycles. The Morgan fingerprint density at radius 3 is 2.83 bits per heavy atom. The van der Waals surface area contributed by atoms with Gasteiger partial charge in [0, 0.05) is 32.8 Å². The van der Waals surface area contributed by atoms with Crippen LogP contribution in [0, 0.1) is 0 Å². The van der Waals surface area contributed by atoms with Crippen LogP contribution in [0.5, 0.6) is 0 Å². The summed E-state index contributed by atoms with van der Waals surface area (Å²) in [5.41, 5.74) is 0. The summed E-state index contributed by atoms with van der Waals surface area (Å²) >= 11 is 5.20. The van der Waals surface area contributed by atoms with Gasteiger partial charge in [0.1, 0.15) is 0 Å². The highest BCUT2D eigenvalue weighted by Crippen LogP contribution is 1.97. The van der Waals surface area contributed by atoms with Crippen molar-refractivity contribution in [3.8, 4) is 0 Å². The van der Waals surface area contributed by atoms with Crippen LogP contribution < -0.4 is 10.6 Å². The van der Waals surface area contributed by atoms with Gasteiger partial charge in [-0.25, -0.2) is 0 Å². The van der Waals surface area contributed by atoms with Crippen molar-refractivity contribution >= 4 is 17.3 Å². The molecule has 18 heavy (non-hydrogen) atoms. The smallest absolute Gasteiger partial charge is 0.166 e. The molecule has 1 rings (SSSR count). The van der Waals surface area contributed by atoms with Gasteiger partial charge in [-0.05, 0) is 32.1 Å². The van der Waals surface area contributed by atoms with Crippen molar-refractivity contribution in [2.24, 2.45) is 0 Å². The fourth-order valence-electron chi connectivity index (χ4n) is 1.90. The lowest BCUT2D eigenvalue weighted by atomic mass is 10.3. The van der Waals surface area contributed by atoms with E-state index >= 15 is 0 Å². The van der Waals surface area contributed by atoms with E-state index in [1.165, 1.54) is 0 Å². The fourth-order valence-corrected chi connectivity index (χ4v) is 2.20. The Labute approximate surface area is 115 Å². The van der Waals surface area contributed by atoms with Gasteiger partial charge in [0.15, 0.2) is 5.11 Å². The van der Waals surface area contributed by atoms with Gasteiger partial charge >= 0.3 is 0 Å². The summed E-state index contributed by atoms with van der Waals surface area (Å²) in [6, 6.07) is 0.245. The number of morpholine rings is 1. The molecular weight excluding hydrogens is 250 g/mol. The third kappa shape index (κ3) is 7.10. The molecule has 106 valence electrons. The second-order valence-corrected chi connectivity index (χ2v) is 4.97. The molecule has 0 aromatic carbocycles. The zero-order valence-electron chi connectivity index (χ0n) is 11.4. The molecule has 0 bridgehead atoms. The number of methoxy groups -OCH3 is 1. The largest absolute Gasteiger partial charge is 0.383 e. The zero-order chi connectivity index (χ0) is 13.2. The minimum atomic E-state index is 0.245. The number of nitrogens with zero attached hydrogens (tertiary/aromatic N) is 1. The van der Waals surface area contributed by atoms with Gasteiger partial charge in [-0.3, -0.25) is 4.90 Å². The summed E-state index contributed by atoms with van der Waals surface area (Å²) in [4.78, 5) is 2.43. The molecule has 0 spiro atoms. The Morgan fingerprint density at radius 1 is 1.44 bits per heavy atom.